The first-order chi connectivity index (χ1) is 10.0. The predicted octanol–water partition coefficient (Wildman–Crippen LogP) is 4.49. The summed E-state index contributed by atoms with van der Waals surface area (Å²) >= 11 is 0. The predicted molar refractivity (Wildman–Crippen MR) is 93.9 cm³/mol. The van der Waals surface area contributed by atoms with Gasteiger partial charge in [-0.1, -0.05) is 62.9 Å². The van der Waals surface area contributed by atoms with Gasteiger partial charge < -0.3 is 5.32 Å². The van der Waals surface area contributed by atoms with Crippen molar-refractivity contribution >= 4 is 6.08 Å². The van der Waals surface area contributed by atoms with Gasteiger partial charge in [-0.15, -0.1) is 0 Å². The van der Waals surface area contributed by atoms with Crippen molar-refractivity contribution in [2.24, 2.45) is 0 Å². The topological polar surface area (TPSA) is 15.3 Å². The zero-order valence-electron chi connectivity index (χ0n) is 13.7. The van der Waals surface area contributed by atoms with Crippen molar-refractivity contribution in [1.82, 2.24) is 10.2 Å². The Morgan fingerprint density at radius 3 is 2.67 bits per heavy atom. The van der Waals surface area contributed by atoms with Crippen LogP contribution in [0.5, 0.6) is 0 Å². The van der Waals surface area contributed by atoms with Crippen molar-refractivity contribution in [2.45, 2.75) is 39.3 Å². The van der Waals surface area contributed by atoms with E-state index in [1.165, 1.54) is 16.7 Å². The van der Waals surface area contributed by atoms with E-state index in [9.17, 15) is 0 Å². The maximum absolute atomic E-state index is 4.14. The smallest absolute Gasteiger partial charge is 0.0492 e. The summed E-state index contributed by atoms with van der Waals surface area (Å²) < 4.78 is 0. The third-order valence-corrected chi connectivity index (χ3v) is 3.72. The second kappa shape index (κ2) is 8.48. The summed E-state index contributed by atoms with van der Waals surface area (Å²) in [5.41, 5.74) is 4.78. The van der Waals surface area contributed by atoms with E-state index in [2.05, 4.69) is 69.0 Å². The van der Waals surface area contributed by atoms with Gasteiger partial charge in [-0.2, -0.15) is 0 Å². The number of aryl methyl sites for hydroxylation is 1. The summed E-state index contributed by atoms with van der Waals surface area (Å²) in [6.45, 7) is 17.0. The Labute approximate surface area is 129 Å². The highest BCUT2D eigenvalue weighted by Gasteiger charge is 2.17. The Kier molecular flexibility index (Phi) is 6.97. The maximum atomic E-state index is 4.14. The van der Waals surface area contributed by atoms with Gasteiger partial charge in [-0.25, -0.2) is 0 Å². The first-order valence-corrected chi connectivity index (χ1v) is 7.51. The van der Waals surface area contributed by atoms with Crippen LogP contribution < -0.4 is 5.32 Å². The van der Waals surface area contributed by atoms with Crippen molar-refractivity contribution in [3.8, 4) is 0 Å². The van der Waals surface area contributed by atoms with Crippen LogP contribution in [0, 0.1) is 6.92 Å². The quantitative estimate of drug-likeness (QED) is 0.719. The molecule has 21 heavy (non-hydrogen) atoms. The van der Waals surface area contributed by atoms with Crippen LogP contribution in [0.1, 0.15) is 36.5 Å². The lowest BCUT2D eigenvalue weighted by Gasteiger charge is -2.30. The van der Waals surface area contributed by atoms with Crippen molar-refractivity contribution in [2.75, 3.05) is 7.05 Å². The first-order valence-electron chi connectivity index (χ1n) is 7.51. The van der Waals surface area contributed by atoms with Gasteiger partial charge in [0, 0.05) is 18.3 Å². The number of hydrogen-bond donors (Lipinski definition) is 1. The fourth-order valence-corrected chi connectivity index (χ4v) is 2.61. The molecular weight excluding hydrogens is 256 g/mol. The molecule has 0 heterocycles. The van der Waals surface area contributed by atoms with E-state index in [1.807, 2.05) is 6.08 Å². The highest BCUT2D eigenvalue weighted by atomic mass is 15.1. The lowest BCUT2D eigenvalue weighted by atomic mass is 10.0. The minimum absolute atomic E-state index is 0.297. The highest BCUT2D eigenvalue weighted by molar-refractivity contribution is 5.52. The van der Waals surface area contributed by atoms with Gasteiger partial charge in [0.2, 0.25) is 0 Å². The van der Waals surface area contributed by atoms with Crippen molar-refractivity contribution in [1.29, 1.82) is 0 Å². The lowest BCUT2D eigenvalue weighted by Crippen LogP contribution is -2.36. The molecule has 0 fully saturated rings. The molecule has 1 atom stereocenters. The fraction of sp³-hybridized carbons (Fsp3) is 0.368. The Morgan fingerprint density at radius 2 is 2.10 bits per heavy atom. The third-order valence-electron chi connectivity index (χ3n) is 3.72. The SMILES string of the molecule is C=CNC(=C)C(CCC)N(C)Cc1cc(C)ccc1C=C. The van der Waals surface area contributed by atoms with E-state index in [0.717, 1.165) is 25.1 Å². The second-order valence-electron chi connectivity index (χ2n) is 5.50. The summed E-state index contributed by atoms with van der Waals surface area (Å²) in [6.07, 6.45) is 5.81. The Balaban J connectivity index is 2.92. The Bertz CT molecular complexity index is 502. The molecular formula is C19H28N2. The van der Waals surface area contributed by atoms with Crippen LogP contribution in [-0.2, 0) is 6.54 Å². The number of nitrogens with one attached hydrogen (secondary N) is 1. The molecule has 0 aliphatic heterocycles. The highest BCUT2D eigenvalue weighted by Crippen LogP contribution is 2.19. The number of rotatable bonds is 9. The molecule has 0 spiro atoms. The number of hydrogen-bond acceptors (Lipinski definition) is 2. The average molecular weight is 284 g/mol. The molecule has 0 radical (unpaired) electrons. The third kappa shape index (κ3) is 4.91. The van der Waals surface area contributed by atoms with Crippen LogP contribution in [0.25, 0.3) is 6.08 Å². The van der Waals surface area contributed by atoms with Crippen LogP contribution in [-0.4, -0.2) is 18.0 Å². The molecule has 1 rings (SSSR count). The van der Waals surface area contributed by atoms with E-state index >= 15 is 0 Å². The molecule has 2 heteroatoms. The standard InChI is InChI=1S/C19H28N2/c1-7-10-19(16(5)20-9-3)21(6)14-18-13-15(4)11-12-17(18)8-2/h8-9,11-13,19-20H,2-3,5,7,10,14H2,1,4,6H3. The van der Waals surface area contributed by atoms with Crippen LogP contribution in [0.3, 0.4) is 0 Å². The molecule has 0 bridgehead atoms. The van der Waals surface area contributed by atoms with Gasteiger partial charge in [-0.3, -0.25) is 4.90 Å². The lowest BCUT2D eigenvalue weighted by molar-refractivity contribution is 0.245. The summed E-state index contributed by atoms with van der Waals surface area (Å²) in [5, 5.41) is 3.14. The molecule has 0 saturated carbocycles. The molecule has 0 amide bonds. The zero-order chi connectivity index (χ0) is 15.8. The van der Waals surface area contributed by atoms with E-state index in [0.29, 0.717) is 6.04 Å². The Morgan fingerprint density at radius 1 is 1.38 bits per heavy atom. The first kappa shape index (κ1) is 17.3. The molecule has 0 aliphatic carbocycles. The van der Waals surface area contributed by atoms with Gasteiger partial charge >= 0.3 is 0 Å². The molecule has 1 unspecified atom stereocenters. The number of nitrogens with zero attached hydrogens (tertiary/aromatic N) is 1. The molecule has 114 valence electrons. The van der Waals surface area contributed by atoms with Crippen LogP contribution in [0.15, 0.2) is 49.8 Å². The number of benzene rings is 1. The molecule has 0 saturated heterocycles. The van der Waals surface area contributed by atoms with Crippen molar-refractivity contribution in [3.63, 3.8) is 0 Å². The van der Waals surface area contributed by atoms with Crippen LogP contribution >= 0.6 is 0 Å². The van der Waals surface area contributed by atoms with Gasteiger partial charge in [0.05, 0.1) is 0 Å². The molecule has 2 nitrogen and oxygen atoms in total. The minimum atomic E-state index is 0.297. The van der Waals surface area contributed by atoms with Gasteiger partial charge in [-0.05, 0) is 37.7 Å². The maximum Gasteiger partial charge on any atom is 0.0492 e. The normalized spacial score (nSPS) is 12.0. The van der Waals surface area contributed by atoms with Gasteiger partial charge in [0.15, 0.2) is 0 Å². The minimum Gasteiger partial charge on any atom is -0.365 e. The fourth-order valence-electron chi connectivity index (χ4n) is 2.61. The summed E-state index contributed by atoms with van der Waals surface area (Å²) in [4.78, 5) is 2.34. The average Bonchev–Trinajstić information content (AvgIpc) is 2.45. The van der Waals surface area contributed by atoms with E-state index in [1.54, 1.807) is 6.20 Å². The van der Waals surface area contributed by atoms with Crippen LogP contribution in [0.4, 0.5) is 0 Å². The van der Waals surface area contributed by atoms with E-state index < -0.39 is 0 Å². The zero-order valence-corrected chi connectivity index (χ0v) is 13.7. The van der Waals surface area contributed by atoms with Crippen LogP contribution in [0.2, 0.25) is 0 Å². The van der Waals surface area contributed by atoms with E-state index in [-0.39, 0.29) is 0 Å². The van der Waals surface area contributed by atoms with Gasteiger partial charge in [0.1, 0.15) is 0 Å². The largest absolute Gasteiger partial charge is 0.365 e. The van der Waals surface area contributed by atoms with Gasteiger partial charge in [0.25, 0.3) is 0 Å². The molecule has 1 aromatic rings. The summed E-state index contributed by atoms with van der Waals surface area (Å²) in [7, 11) is 2.14. The van der Waals surface area contributed by atoms with Crippen molar-refractivity contribution in [3.05, 3.63) is 66.5 Å². The monoisotopic (exact) mass is 284 g/mol. The molecule has 0 aliphatic rings. The Hall–Kier alpha value is -1.80. The summed E-state index contributed by atoms with van der Waals surface area (Å²) in [5.74, 6) is 0. The second-order valence-corrected chi connectivity index (χ2v) is 5.50. The van der Waals surface area contributed by atoms with E-state index in [4.69, 9.17) is 0 Å². The molecule has 1 aromatic carbocycles. The molecule has 0 aromatic heterocycles. The summed E-state index contributed by atoms with van der Waals surface area (Å²) in [6, 6.07) is 6.80. The van der Waals surface area contributed by atoms with Crippen molar-refractivity contribution < 1.29 is 0 Å². The number of likely N-dealkylation sites (N-methyl/N-ethyl adjacent to an activating group) is 1. The molecule has 1 N–H and O–H groups in total.